The number of rotatable bonds is 8. The molecule has 1 N–H and O–H groups in total. The number of ether oxygens (including phenoxy) is 1. The van der Waals surface area contributed by atoms with Crippen molar-refractivity contribution >= 4 is 0 Å². The Morgan fingerprint density at radius 2 is 2.07 bits per heavy atom. The van der Waals surface area contributed by atoms with Gasteiger partial charge in [-0.15, -0.1) is 0 Å². The second kappa shape index (κ2) is 8.12. The number of hydrogen-bond acceptors (Lipinski definition) is 2. The molecular formula is C13H27NO. The van der Waals surface area contributed by atoms with Crippen molar-refractivity contribution < 1.29 is 4.74 Å². The van der Waals surface area contributed by atoms with E-state index in [9.17, 15) is 0 Å². The third-order valence-electron chi connectivity index (χ3n) is 3.52. The molecule has 1 atom stereocenters. The van der Waals surface area contributed by atoms with Gasteiger partial charge in [-0.05, 0) is 24.8 Å². The maximum Gasteiger partial charge on any atom is 0.0587 e. The fraction of sp³-hybridized carbons (Fsp3) is 1.00. The molecule has 0 aliphatic heterocycles. The molecule has 90 valence electrons. The molecule has 1 rings (SSSR count). The molecule has 2 heteroatoms. The van der Waals surface area contributed by atoms with E-state index in [1.54, 1.807) is 7.11 Å². The van der Waals surface area contributed by atoms with Crippen molar-refractivity contribution in [3.63, 3.8) is 0 Å². The summed E-state index contributed by atoms with van der Waals surface area (Å²) in [4.78, 5) is 0. The Morgan fingerprint density at radius 1 is 1.33 bits per heavy atom. The van der Waals surface area contributed by atoms with Crippen molar-refractivity contribution in [2.45, 2.75) is 45.4 Å². The van der Waals surface area contributed by atoms with Gasteiger partial charge in [-0.1, -0.05) is 39.0 Å². The van der Waals surface area contributed by atoms with Gasteiger partial charge >= 0.3 is 0 Å². The maximum atomic E-state index is 5.00. The van der Waals surface area contributed by atoms with Gasteiger partial charge in [0.15, 0.2) is 0 Å². The number of methoxy groups -OCH3 is 1. The molecule has 0 aromatic carbocycles. The highest BCUT2D eigenvalue weighted by Crippen LogP contribution is 2.29. The summed E-state index contributed by atoms with van der Waals surface area (Å²) in [6, 6.07) is 0. The normalized spacial score (nSPS) is 19.6. The van der Waals surface area contributed by atoms with Crippen LogP contribution in [-0.2, 0) is 4.74 Å². The van der Waals surface area contributed by atoms with Crippen molar-refractivity contribution in [2.24, 2.45) is 11.8 Å². The number of nitrogens with one attached hydrogen (secondary N) is 1. The quantitative estimate of drug-likeness (QED) is 0.626. The van der Waals surface area contributed by atoms with Crippen LogP contribution in [0.4, 0.5) is 0 Å². The van der Waals surface area contributed by atoms with E-state index in [1.165, 1.54) is 38.5 Å². The zero-order valence-electron chi connectivity index (χ0n) is 10.4. The lowest BCUT2D eigenvalue weighted by Gasteiger charge is -2.15. The molecule has 0 spiro atoms. The van der Waals surface area contributed by atoms with Gasteiger partial charge in [0.2, 0.25) is 0 Å². The van der Waals surface area contributed by atoms with E-state index < -0.39 is 0 Å². The van der Waals surface area contributed by atoms with Crippen LogP contribution in [0.3, 0.4) is 0 Å². The first-order valence-electron chi connectivity index (χ1n) is 6.52. The van der Waals surface area contributed by atoms with E-state index in [4.69, 9.17) is 4.74 Å². The van der Waals surface area contributed by atoms with Gasteiger partial charge < -0.3 is 10.1 Å². The molecule has 2 nitrogen and oxygen atoms in total. The molecule has 0 heterocycles. The molecule has 15 heavy (non-hydrogen) atoms. The lowest BCUT2D eigenvalue weighted by molar-refractivity contribution is 0.197. The fourth-order valence-electron chi connectivity index (χ4n) is 2.44. The van der Waals surface area contributed by atoms with E-state index in [0.29, 0.717) is 0 Å². The minimum Gasteiger partial charge on any atom is -0.383 e. The van der Waals surface area contributed by atoms with Gasteiger partial charge in [-0.2, -0.15) is 0 Å². The topological polar surface area (TPSA) is 21.3 Å². The van der Waals surface area contributed by atoms with Gasteiger partial charge in [0.05, 0.1) is 6.61 Å². The van der Waals surface area contributed by atoms with Crippen molar-refractivity contribution in [2.75, 3.05) is 26.8 Å². The maximum absolute atomic E-state index is 5.00. The van der Waals surface area contributed by atoms with Gasteiger partial charge in [-0.25, -0.2) is 0 Å². The zero-order chi connectivity index (χ0) is 10.9. The Kier molecular flexibility index (Phi) is 7.03. The molecule has 1 aliphatic carbocycles. The molecule has 1 unspecified atom stereocenters. The van der Waals surface area contributed by atoms with Crippen molar-refractivity contribution in [1.82, 2.24) is 5.32 Å². The summed E-state index contributed by atoms with van der Waals surface area (Å²) in [6.45, 7) is 5.32. The van der Waals surface area contributed by atoms with Gasteiger partial charge in [-0.3, -0.25) is 0 Å². The lowest BCUT2D eigenvalue weighted by atomic mass is 9.96. The van der Waals surface area contributed by atoms with Gasteiger partial charge in [0, 0.05) is 13.7 Å². The average Bonchev–Trinajstić information content (AvgIpc) is 2.74. The molecule has 0 radical (unpaired) electrons. The van der Waals surface area contributed by atoms with Crippen LogP contribution in [0.1, 0.15) is 45.4 Å². The predicted molar refractivity (Wildman–Crippen MR) is 65.1 cm³/mol. The average molecular weight is 213 g/mol. The summed E-state index contributed by atoms with van der Waals surface area (Å²) in [7, 11) is 1.76. The fourth-order valence-corrected chi connectivity index (χ4v) is 2.44. The van der Waals surface area contributed by atoms with Crippen LogP contribution in [0.2, 0.25) is 0 Å². The smallest absolute Gasteiger partial charge is 0.0587 e. The highest BCUT2D eigenvalue weighted by Gasteiger charge is 2.15. The minimum atomic E-state index is 0.822. The standard InChI is InChI=1S/C13H27NO/c1-12(11-14-9-10-15-2)7-8-13-5-3-4-6-13/h12-14H,3-11H2,1-2H3. The Bertz CT molecular complexity index is 143. The molecular weight excluding hydrogens is 186 g/mol. The number of hydrogen-bond donors (Lipinski definition) is 1. The molecule has 0 amide bonds. The second-order valence-electron chi connectivity index (χ2n) is 5.03. The SMILES string of the molecule is COCCNCC(C)CCC1CCCC1. The first kappa shape index (κ1) is 13.0. The van der Waals surface area contributed by atoms with Crippen molar-refractivity contribution in [3.05, 3.63) is 0 Å². The minimum absolute atomic E-state index is 0.822. The van der Waals surface area contributed by atoms with Gasteiger partial charge in [0.25, 0.3) is 0 Å². The van der Waals surface area contributed by atoms with Crippen molar-refractivity contribution in [1.29, 1.82) is 0 Å². The van der Waals surface area contributed by atoms with E-state index in [2.05, 4.69) is 12.2 Å². The second-order valence-corrected chi connectivity index (χ2v) is 5.03. The summed E-state index contributed by atoms with van der Waals surface area (Å²) in [5, 5.41) is 3.44. The van der Waals surface area contributed by atoms with E-state index >= 15 is 0 Å². The Labute approximate surface area is 94.8 Å². The summed E-state index contributed by atoms with van der Waals surface area (Å²) >= 11 is 0. The molecule has 0 saturated heterocycles. The molecule has 1 fully saturated rings. The van der Waals surface area contributed by atoms with Crippen molar-refractivity contribution in [3.8, 4) is 0 Å². The molecule has 1 saturated carbocycles. The highest BCUT2D eigenvalue weighted by molar-refractivity contribution is 4.69. The predicted octanol–water partition coefficient (Wildman–Crippen LogP) is 2.83. The highest BCUT2D eigenvalue weighted by atomic mass is 16.5. The Morgan fingerprint density at radius 3 is 2.73 bits per heavy atom. The Hall–Kier alpha value is -0.0800. The van der Waals surface area contributed by atoms with Crippen LogP contribution in [0.25, 0.3) is 0 Å². The van der Waals surface area contributed by atoms with E-state index in [0.717, 1.165) is 31.5 Å². The third kappa shape index (κ3) is 6.16. The van der Waals surface area contributed by atoms with Crippen LogP contribution in [-0.4, -0.2) is 26.8 Å². The summed E-state index contributed by atoms with van der Waals surface area (Å²) < 4.78 is 5.00. The molecule has 0 aromatic rings. The first-order chi connectivity index (χ1) is 7.33. The third-order valence-corrected chi connectivity index (χ3v) is 3.52. The lowest BCUT2D eigenvalue weighted by Crippen LogP contribution is -2.25. The Balaban J connectivity index is 1.90. The van der Waals surface area contributed by atoms with Crippen LogP contribution in [0.15, 0.2) is 0 Å². The first-order valence-corrected chi connectivity index (χ1v) is 6.52. The summed E-state index contributed by atoms with van der Waals surface area (Å²) in [5.41, 5.74) is 0. The van der Waals surface area contributed by atoms with E-state index in [1.807, 2.05) is 0 Å². The zero-order valence-corrected chi connectivity index (χ0v) is 10.4. The summed E-state index contributed by atoms with van der Waals surface area (Å²) in [5.74, 6) is 1.87. The van der Waals surface area contributed by atoms with E-state index in [-0.39, 0.29) is 0 Å². The van der Waals surface area contributed by atoms with Crippen LogP contribution in [0, 0.1) is 11.8 Å². The van der Waals surface area contributed by atoms with Crippen LogP contribution in [0.5, 0.6) is 0 Å². The largest absolute Gasteiger partial charge is 0.383 e. The molecule has 0 bridgehead atoms. The van der Waals surface area contributed by atoms with Gasteiger partial charge in [0.1, 0.15) is 0 Å². The van der Waals surface area contributed by atoms with Crippen LogP contribution >= 0.6 is 0 Å². The monoisotopic (exact) mass is 213 g/mol. The van der Waals surface area contributed by atoms with Crippen LogP contribution < -0.4 is 5.32 Å². The summed E-state index contributed by atoms with van der Waals surface area (Å²) in [6.07, 6.45) is 8.78. The molecule has 1 aliphatic rings. The molecule has 0 aromatic heterocycles.